The smallest absolute Gasteiger partial charge is 0.255 e. The van der Waals surface area contributed by atoms with Crippen molar-refractivity contribution in [1.82, 2.24) is 10.2 Å². The topological polar surface area (TPSA) is 75.4 Å². The summed E-state index contributed by atoms with van der Waals surface area (Å²) < 4.78 is 0. The monoisotopic (exact) mass is 317 g/mol. The zero-order chi connectivity index (χ0) is 17.0. The molecule has 1 aliphatic rings. The van der Waals surface area contributed by atoms with Gasteiger partial charge in [0.15, 0.2) is 0 Å². The lowest BCUT2D eigenvalue weighted by atomic mass is 9.93. The number of amides is 2. The fraction of sp³-hybridized carbons (Fsp3) is 0.556. The lowest BCUT2D eigenvalue weighted by Gasteiger charge is -2.33. The van der Waals surface area contributed by atoms with Crippen molar-refractivity contribution < 1.29 is 9.59 Å². The second-order valence-electron chi connectivity index (χ2n) is 7.31. The molecule has 0 aromatic heterocycles. The van der Waals surface area contributed by atoms with Crippen molar-refractivity contribution in [2.45, 2.75) is 33.6 Å². The predicted molar refractivity (Wildman–Crippen MR) is 91.9 cm³/mol. The third-order valence-electron chi connectivity index (χ3n) is 4.23. The Balaban J connectivity index is 1.95. The van der Waals surface area contributed by atoms with Gasteiger partial charge in [-0.25, -0.2) is 0 Å². The van der Waals surface area contributed by atoms with Crippen molar-refractivity contribution in [1.29, 1.82) is 0 Å². The first-order valence-corrected chi connectivity index (χ1v) is 8.21. The number of carbonyl (C=O) groups excluding carboxylic acids is 2. The van der Waals surface area contributed by atoms with Crippen molar-refractivity contribution in [3.63, 3.8) is 0 Å². The van der Waals surface area contributed by atoms with Crippen molar-refractivity contribution in [3.05, 3.63) is 29.8 Å². The highest BCUT2D eigenvalue weighted by molar-refractivity contribution is 5.99. The zero-order valence-corrected chi connectivity index (χ0v) is 14.3. The molecule has 5 heteroatoms. The van der Waals surface area contributed by atoms with Gasteiger partial charge < -0.3 is 16.0 Å². The summed E-state index contributed by atoms with van der Waals surface area (Å²) in [5.41, 5.74) is 6.59. The van der Waals surface area contributed by atoms with Crippen LogP contribution in [0.5, 0.6) is 0 Å². The second-order valence-corrected chi connectivity index (χ2v) is 7.31. The van der Waals surface area contributed by atoms with Gasteiger partial charge in [0, 0.05) is 30.7 Å². The molecule has 1 saturated heterocycles. The minimum atomic E-state index is -0.386. The molecule has 2 amide bonds. The third kappa shape index (κ3) is 4.47. The van der Waals surface area contributed by atoms with Crippen LogP contribution in [0.3, 0.4) is 0 Å². The Morgan fingerprint density at radius 3 is 2.65 bits per heavy atom. The number of nitrogens with two attached hydrogens (primary N) is 1. The van der Waals surface area contributed by atoms with E-state index in [4.69, 9.17) is 5.73 Å². The van der Waals surface area contributed by atoms with Gasteiger partial charge in [-0.15, -0.1) is 0 Å². The molecular formula is C18H27N3O2. The number of piperidine rings is 1. The molecular weight excluding hydrogens is 290 g/mol. The molecule has 1 aliphatic heterocycles. The molecule has 0 radical (unpaired) electrons. The van der Waals surface area contributed by atoms with Gasteiger partial charge in [0.2, 0.25) is 5.91 Å². The molecule has 1 fully saturated rings. The molecule has 3 N–H and O–H groups in total. The molecule has 2 rings (SSSR count). The molecule has 0 aliphatic carbocycles. The lowest BCUT2D eigenvalue weighted by molar-refractivity contribution is -0.128. The SMILES string of the molecule is CC(C)(C)C(=O)NCC1CCCN(C(=O)c2ccccc2N)C1. The molecule has 23 heavy (non-hydrogen) atoms. The molecule has 1 aromatic rings. The van der Waals surface area contributed by atoms with E-state index in [1.165, 1.54) is 0 Å². The van der Waals surface area contributed by atoms with Crippen molar-refractivity contribution in [2.24, 2.45) is 11.3 Å². The number of likely N-dealkylation sites (tertiary alicyclic amines) is 1. The van der Waals surface area contributed by atoms with Crippen LogP contribution in [0.4, 0.5) is 5.69 Å². The Labute approximate surface area is 138 Å². The van der Waals surface area contributed by atoms with Gasteiger partial charge in [0.25, 0.3) is 5.91 Å². The van der Waals surface area contributed by atoms with E-state index < -0.39 is 0 Å². The normalized spacial score (nSPS) is 18.6. The van der Waals surface area contributed by atoms with Crippen LogP contribution in [-0.4, -0.2) is 36.3 Å². The summed E-state index contributed by atoms with van der Waals surface area (Å²) >= 11 is 0. The first kappa shape index (κ1) is 17.3. The number of hydrogen-bond donors (Lipinski definition) is 2. The van der Waals surface area contributed by atoms with E-state index >= 15 is 0 Å². The number of rotatable bonds is 3. The van der Waals surface area contributed by atoms with E-state index in [0.717, 1.165) is 19.4 Å². The predicted octanol–water partition coefficient (Wildman–Crippen LogP) is 2.28. The molecule has 1 atom stereocenters. The van der Waals surface area contributed by atoms with Crippen LogP contribution in [-0.2, 0) is 4.79 Å². The highest BCUT2D eigenvalue weighted by Gasteiger charge is 2.27. The van der Waals surface area contributed by atoms with Crippen LogP contribution < -0.4 is 11.1 Å². The van der Waals surface area contributed by atoms with Crippen molar-refractivity contribution in [2.75, 3.05) is 25.4 Å². The number of hydrogen-bond acceptors (Lipinski definition) is 3. The molecule has 0 spiro atoms. The van der Waals surface area contributed by atoms with E-state index in [-0.39, 0.29) is 17.2 Å². The van der Waals surface area contributed by atoms with Gasteiger partial charge in [-0.1, -0.05) is 32.9 Å². The first-order valence-electron chi connectivity index (χ1n) is 8.21. The van der Waals surface area contributed by atoms with Crippen molar-refractivity contribution in [3.8, 4) is 0 Å². The quantitative estimate of drug-likeness (QED) is 0.840. The summed E-state index contributed by atoms with van der Waals surface area (Å²) in [5, 5.41) is 3.00. The van der Waals surface area contributed by atoms with E-state index in [1.54, 1.807) is 12.1 Å². The zero-order valence-electron chi connectivity index (χ0n) is 14.3. The summed E-state index contributed by atoms with van der Waals surface area (Å²) in [6, 6.07) is 7.17. The van der Waals surface area contributed by atoms with Gasteiger partial charge in [-0.2, -0.15) is 0 Å². The number of nitrogens with one attached hydrogen (secondary N) is 1. The number of carbonyl (C=O) groups is 2. The van der Waals surface area contributed by atoms with Crippen LogP contribution in [0.15, 0.2) is 24.3 Å². The average Bonchev–Trinajstić information content (AvgIpc) is 2.51. The average molecular weight is 317 g/mol. The number of anilines is 1. The van der Waals surface area contributed by atoms with Crippen molar-refractivity contribution >= 4 is 17.5 Å². The maximum atomic E-state index is 12.6. The second kappa shape index (κ2) is 7.02. The van der Waals surface area contributed by atoms with E-state index in [2.05, 4.69) is 5.32 Å². The molecule has 0 bridgehead atoms. The van der Waals surface area contributed by atoms with Gasteiger partial charge in [-0.05, 0) is 30.9 Å². The van der Waals surface area contributed by atoms with Crippen LogP contribution in [0.25, 0.3) is 0 Å². The summed E-state index contributed by atoms with van der Waals surface area (Å²) in [6.45, 7) is 7.73. The number of para-hydroxylation sites is 1. The standard InChI is InChI=1S/C18H27N3O2/c1-18(2,3)17(23)20-11-13-7-6-10-21(12-13)16(22)14-8-4-5-9-15(14)19/h4-5,8-9,13H,6-7,10-12,19H2,1-3H3,(H,20,23). The third-order valence-corrected chi connectivity index (χ3v) is 4.23. The molecule has 126 valence electrons. The van der Waals surface area contributed by atoms with E-state index in [0.29, 0.717) is 30.3 Å². The van der Waals surface area contributed by atoms with Crippen LogP contribution >= 0.6 is 0 Å². The maximum Gasteiger partial charge on any atom is 0.255 e. The van der Waals surface area contributed by atoms with Gasteiger partial charge >= 0.3 is 0 Å². The van der Waals surface area contributed by atoms with Crippen LogP contribution in [0.2, 0.25) is 0 Å². The number of nitrogen functional groups attached to an aromatic ring is 1. The lowest BCUT2D eigenvalue weighted by Crippen LogP contribution is -2.45. The van der Waals surface area contributed by atoms with Gasteiger partial charge in [0.05, 0.1) is 5.56 Å². The Morgan fingerprint density at radius 1 is 1.30 bits per heavy atom. The fourth-order valence-electron chi connectivity index (χ4n) is 2.78. The summed E-state index contributed by atoms with van der Waals surface area (Å²) in [6.07, 6.45) is 1.98. The van der Waals surface area contributed by atoms with Crippen LogP contribution in [0, 0.1) is 11.3 Å². The summed E-state index contributed by atoms with van der Waals surface area (Å²) in [7, 11) is 0. The Bertz CT molecular complexity index is 578. The fourth-order valence-corrected chi connectivity index (χ4v) is 2.78. The van der Waals surface area contributed by atoms with Crippen LogP contribution in [0.1, 0.15) is 44.0 Å². The Morgan fingerprint density at radius 2 is 2.00 bits per heavy atom. The van der Waals surface area contributed by atoms with E-state index in [9.17, 15) is 9.59 Å². The molecule has 5 nitrogen and oxygen atoms in total. The number of benzene rings is 1. The Hall–Kier alpha value is -2.04. The summed E-state index contributed by atoms with van der Waals surface area (Å²) in [5.74, 6) is 0.326. The number of nitrogens with zero attached hydrogens (tertiary/aromatic N) is 1. The summed E-state index contributed by atoms with van der Waals surface area (Å²) in [4.78, 5) is 26.5. The molecule has 0 saturated carbocycles. The van der Waals surface area contributed by atoms with E-state index in [1.807, 2.05) is 37.8 Å². The molecule has 1 unspecified atom stereocenters. The molecule has 1 heterocycles. The first-order chi connectivity index (χ1) is 10.8. The highest BCUT2D eigenvalue weighted by Crippen LogP contribution is 2.21. The van der Waals surface area contributed by atoms with Gasteiger partial charge in [0.1, 0.15) is 0 Å². The highest BCUT2D eigenvalue weighted by atomic mass is 16.2. The Kier molecular flexibility index (Phi) is 5.29. The van der Waals surface area contributed by atoms with Gasteiger partial charge in [-0.3, -0.25) is 9.59 Å². The minimum Gasteiger partial charge on any atom is -0.398 e. The maximum absolute atomic E-state index is 12.6. The largest absolute Gasteiger partial charge is 0.398 e. The minimum absolute atomic E-state index is 0.0186. The molecule has 1 aromatic carbocycles.